The smallest absolute Gasteiger partial charge is 0.187 e. The molecule has 0 unspecified atom stereocenters. The Kier molecular flexibility index (Phi) is 7.12. The zero-order valence-electron chi connectivity index (χ0n) is 18.2. The molecule has 33 heavy (non-hydrogen) atoms. The van der Waals surface area contributed by atoms with E-state index < -0.39 is 0 Å². The van der Waals surface area contributed by atoms with Gasteiger partial charge >= 0.3 is 0 Å². The minimum Gasteiger partial charge on any atom is -0.388 e. The van der Waals surface area contributed by atoms with Crippen LogP contribution in [0, 0.1) is 0 Å². The second-order valence-corrected chi connectivity index (χ2v) is 8.57. The minimum absolute atomic E-state index is 0. The number of hydrogen-bond donors (Lipinski definition) is 2. The largest absolute Gasteiger partial charge is 0.388 e. The van der Waals surface area contributed by atoms with Gasteiger partial charge in [0, 0.05) is 52.7 Å². The van der Waals surface area contributed by atoms with Crippen molar-refractivity contribution in [2.45, 2.75) is 37.8 Å². The van der Waals surface area contributed by atoms with Crippen LogP contribution in [0.3, 0.4) is 0 Å². The van der Waals surface area contributed by atoms with Gasteiger partial charge in [0.25, 0.3) is 0 Å². The van der Waals surface area contributed by atoms with Crippen molar-refractivity contribution in [2.24, 2.45) is 0 Å². The van der Waals surface area contributed by atoms with Gasteiger partial charge in [0.15, 0.2) is 11.6 Å². The van der Waals surface area contributed by atoms with Gasteiger partial charge in [0.2, 0.25) is 0 Å². The topological polar surface area (TPSA) is 58.2 Å². The molecule has 0 amide bonds. The Labute approximate surface area is 205 Å². The van der Waals surface area contributed by atoms with Gasteiger partial charge < -0.3 is 10.6 Å². The Morgan fingerprint density at radius 2 is 1.00 bits per heavy atom. The Balaban J connectivity index is 0.000000152. The molecule has 0 spiro atoms. The Morgan fingerprint density at radius 3 is 1.39 bits per heavy atom. The molecular weight excluding hydrogens is 460 g/mol. The van der Waals surface area contributed by atoms with Crippen LogP contribution in [0.2, 0.25) is 0 Å². The fraction of sp³-hybridized carbons (Fsp3) is 0.214. The summed E-state index contributed by atoms with van der Waals surface area (Å²) in [4.78, 5) is 23.6. The summed E-state index contributed by atoms with van der Waals surface area (Å²) in [6.45, 7) is 0. The van der Waals surface area contributed by atoms with E-state index in [0.717, 1.165) is 33.4 Å². The number of rotatable bonds is 4. The minimum atomic E-state index is 0. The molecule has 0 saturated heterocycles. The summed E-state index contributed by atoms with van der Waals surface area (Å²) in [5.74, 6) is 0.179. The van der Waals surface area contributed by atoms with E-state index >= 15 is 0 Å². The number of carbonyl (C=O) groups is 2. The number of carbonyl (C=O) groups excluding carboxylic acids is 2. The zero-order valence-corrected chi connectivity index (χ0v) is 19.1. The predicted molar refractivity (Wildman–Crippen MR) is 129 cm³/mol. The number of allylic oxidation sites excluding steroid dienone is 4. The Morgan fingerprint density at radius 1 is 0.606 bits per heavy atom. The molecule has 0 heterocycles. The molecule has 4 nitrogen and oxygen atoms in total. The molecule has 4 aliphatic rings. The van der Waals surface area contributed by atoms with Crippen LogP contribution in [-0.4, -0.2) is 23.7 Å². The number of nitrogens with one attached hydrogen (secondary N) is 2. The number of ketones is 2. The summed E-state index contributed by atoms with van der Waals surface area (Å²) in [7, 11) is 0. The van der Waals surface area contributed by atoms with Crippen LogP contribution in [0.5, 0.6) is 0 Å². The third-order valence-corrected chi connectivity index (χ3v) is 5.94. The zero-order chi connectivity index (χ0) is 21.9. The van der Waals surface area contributed by atoms with E-state index in [9.17, 15) is 9.59 Å². The van der Waals surface area contributed by atoms with Gasteiger partial charge in [-0.15, -0.1) is 0 Å². The summed E-state index contributed by atoms with van der Waals surface area (Å²) in [5, 5.41) is 6.56. The average Bonchev–Trinajstić information content (AvgIpc) is 3.74. The summed E-state index contributed by atoms with van der Waals surface area (Å²) in [6.07, 6.45) is 15.7. The van der Waals surface area contributed by atoms with Crippen LogP contribution >= 0.6 is 0 Å². The third-order valence-electron chi connectivity index (χ3n) is 5.94. The second kappa shape index (κ2) is 10.2. The van der Waals surface area contributed by atoms with E-state index in [1.807, 2.05) is 73.1 Å². The first-order valence-corrected chi connectivity index (χ1v) is 11.2. The molecule has 2 fully saturated rings. The van der Waals surface area contributed by atoms with Gasteiger partial charge in [0.1, 0.15) is 0 Å². The fourth-order valence-corrected chi connectivity index (χ4v) is 3.75. The molecule has 0 atom stereocenters. The van der Waals surface area contributed by atoms with Crippen molar-refractivity contribution >= 4 is 34.9 Å². The monoisotopic (exact) mass is 485 g/mol. The Bertz CT molecular complexity index is 1090. The van der Waals surface area contributed by atoms with Crippen LogP contribution in [0.1, 0.15) is 47.9 Å². The van der Waals surface area contributed by atoms with Crippen molar-refractivity contribution in [3.63, 3.8) is 0 Å². The van der Waals surface area contributed by atoms with E-state index in [0.29, 0.717) is 12.1 Å². The van der Waals surface area contributed by atoms with Gasteiger partial charge in [0.05, 0.1) is 0 Å². The van der Waals surface area contributed by atoms with E-state index in [1.165, 1.54) is 25.7 Å². The van der Waals surface area contributed by atoms with Gasteiger partial charge in [-0.05, 0) is 60.1 Å². The maximum Gasteiger partial charge on any atom is 0.187 e. The Hall–Kier alpha value is -3.14. The molecule has 2 aromatic carbocycles. The van der Waals surface area contributed by atoms with Gasteiger partial charge in [-0.3, -0.25) is 9.59 Å². The molecule has 2 saturated carbocycles. The van der Waals surface area contributed by atoms with Crippen molar-refractivity contribution < 1.29 is 26.7 Å². The van der Waals surface area contributed by atoms with E-state index in [4.69, 9.17) is 0 Å². The molecule has 1 radical (unpaired) electrons. The number of hydrogen-bond acceptors (Lipinski definition) is 4. The van der Waals surface area contributed by atoms with E-state index in [-0.39, 0.29) is 28.6 Å². The predicted octanol–water partition coefficient (Wildman–Crippen LogP) is 4.75. The molecule has 6 rings (SSSR count). The maximum atomic E-state index is 11.8. The van der Waals surface area contributed by atoms with Gasteiger partial charge in [-0.1, -0.05) is 60.7 Å². The first-order valence-electron chi connectivity index (χ1n) is 11.2. The summed E-state index contributed by atoms with van der Waals surface area (Å²) in [6, 6.07) is 17.1. The van der Waals surface area contributed by atoms with Crippen LogP contribution in [0.15, 0.2) is 73.1 Å². The maximum absolute atomic E-state index is 11.8. The van der Waals surface area contributed by atoms with Crippen molar-refractivity contribution in [3.8, 4) is 0 Å². The molecule has 5 heteroatoms. The van der Waals surface area contributed by atoms with Crippen LogP contribution in [0.4, 0.5) is 0 Å². The number of fused-ring (bicyclic) bond motifs is 2. The molecule has 0 aromatic heterocycles. The van der Waals surface area contributed by atoms with Gasteiger partial charge in [-0.2, -0.15) is 0 Å². The molecule has 4 aliphatic carbocycles. The van der Waals surface area contributed by atoms with Crippen molar-refractivity contribution in [1.29, 1.82) is 0 Å². The third kappa shape index (κ3) is 5.62. The molecule has 0 aliphatic heterocycles. The molecular formula is C28H26CuN2O2. The molecule has 171 valence electrons. The van der Waals surface area contributed by atoms with Crippen molar-refractivity contribution in [3.05, 3.63) is 95.3 Å². The van der Waals surface area contributed by atoms with Crippen LogP contribution in [0.25, 0.3) is 23.3 Å². The second-order valence-electron chi connectivity index (χ2n) is 8.57. The standard InChI is InChI=1S/2C14H13NO.Cu/c2*16-14-8-5-10-3-1-2-4-12(10)13(14)9-15-11-6-7-11;/h2*1-5,8-9,11,15H,6-7H2;. The van der Waals surface area contributed by atoms with Crippen LogP contribution < -0.4 is 10.6 Å². The molecule has 2 aromatic rings. The number of benzene rings is 2. The van der Waals surface area contributed by atoms with Crippen LogP contribution in [-0.2, 0) is 26.7 Å². The van der Waals surface area contributed by atoms with E-state index in [1.54, 1.807) is 12.2 Å². The summed E-state index contributed by atoms with van der Waals surface area (Å²) < 4.78 is 0. The van der Waals surface area contributed by atoms with Gasteiger partial charge in [-0.25, -0.2) is 0 Å². The quantitative estimate of drug-likeness (QED) is 0.484. The van der Waals surface area contributed by atoms with Crippen molar-refractivity contribution in [1.82, 2.24) is 10.6 Å². The SMILES string of the molecule is O=C1C=Cc2ccccc2C1=CNC1CC1.O=C1C=Cc2ccccc2C1=CNC1CC1.[Cu]. The fourth-order valence-electron chi connectivity index (χ4n) is 3.75. The molecule has 2 N–H and O–H groups in total. The first-order chi connectivity index (χ1) is 15.7. The summed E-state index contributed by atoms with van der Waals surface area (Å²) >= 11 is 0. The average molecular weight is 486 g/mol. The normalized spacial score (nSPS) is 20.4. The molecule has 0 bridgehead atoms. The summed E-state index contributed by atoms with van der Waals surface area (Å²) in [5.41, 5.74) is 5.86. The van der Waals surface area contributed by atoms with E-state index in [2.05, 4.69) is 10.6 Å². The first kappa shape index (κ1) is 23.0. The van der Waals surface area contributed by atoms with Crippen molar-refractivity contribution in [2.75, 3.05) is 0 Å².